The maximum atomic E-state index is 13.0. The number of piperidine rings is 2. The third-order valence-electron chi connectivity index (χ3n) is 8.53. The van der Waals surface area contributed by atoms with E-state index in [9.17, 15) is 32.7 Å². The Morgan fingerprint density at radius 3 is 2.45 bits per heavy atom. The summed E-state index contributed by atoms with van der Waals surface area (Å²) in [4.78, 5) is 45.2. The number of imide groups is 1. The number of alkyl halides is 3. The third kappa shape index (κ3) is 4.08. The van der Waals surface area contributed by atoms with E-state index >= 15 is 0 Å². The number of pyridine rings is 1. The van der Waals surface area contributed by atoms with Gasteiger partial charge in [0, 0.05) is 31.5 Å². The number of rotatable bonds is 4. The van der Waals surface area contributed by atoms with Gasteiger partial charge in [0.1, 0.15) is 11.6 Å². The van der Waals surface area contributed by atoms with Gasteiger partial charge < -0.3 is 10.0 Å². The molecule has 1 saturated carbocycles. The van der Waals surface area contributed by atoms with E-state index in [-0.39, 0.29) is 31.2 Å². The van der Waals surface area contributed by atoms with Crippen molar-refractivity contribution in [3.8, 4) is 0 Å². The van der Waals surface area contributed by atoms with Crippen LogP contribution in [0.15, 0.2) is 36.4 Å². The number of halogens is 3. The van der Waals surface area contributed by atoms with E-state index in [1.807, 2.05) is 0 Å². The Balaban J connectivity index is 1.18. The summed E-state index contributed by atoms with van der Waals surface area (Å²) >= 11 is 0. The number of amides is 3. The SMILES string of the molecule is O=C1CC[C@@H](N2Cc3nc([C@@]4(O)CCN(Cc5ccc(C(F)(F)F)cc5)CC45CC5)ccc3C2=O)C(=O)N1. The first kappa shape index (κ1) is 25.0. The van der Waals surface area contributed by atoms with Crippen LogP contribution < -0.4 is 5.32 Å². The summed E-state index contributed by atoms with van der Waals surface area (Å²) in [7, 11) is 0. The quantitative estimate of drug-likeness (QED) is 0.592. The Labute approximate surface area is 216 Å². The van der Waals surface area contributed by atoms with Gasteiger partial charge in [-0.3, -0.25) is 29.6 Å². The van der Waals surface area contributed by atoms with Gasteiger partial charge in [-0.25, -0.2) is 0 Å². The average molecular weight is 529 g/mol. The van der Waals surface area contributed by atoms with E-state index in [2.05, 4.69) is 10.2 Å². The Morgan fingerprint density at radius 1 is 1.05 bits per heavy atom. The fourth-order valence-corrected chi connectivity index (χ4v) is 6.20. The molecule has 2 N–H and O–H groups in total. The van der Waals surface area contributed by atoms with Crippen molar-refractivity contribution in [3.63, 3.8) is 0 Å². The number of hydrogen-bond acceptors (Lipinski definition) is 6. The van der Waals surface area contributed by atoms with Crippen molar-refractivity contribution in [1.29, 1.82) is 0 Å². The number of fused-ring (bicyclic) bond motifs is 1. The smallest absolute Gasteiger partial charge is 0.383 e. The highest BCUT2D eigenvalue weighted by atomic mass is 19.4. The van der Waals surface area contributed by atoms with Gasteiger partial charge in [0.15, 0.2) is 0 Å². The normalized spacial score (nSPS) is 27.0. The van der Waals surface area contributed by atoms with Crippen molar-refractivity contribution in [2.24, 2.45) is 5.41 Å². The van der Waals surface area contributed by atoms with Crippen LogP contribution >= 0.6 is 0 Å². The molecule has 1 aromatic carbocycles. The van der Waals surface area contributed by atoms with E-state index in [0.29, 0.717) is 43.0 Å². The molecule has 3 aliphatic heterocycles. The monoisotopic (exact) mass is 528 g/mol. The minimum absolute atomic E-state index is 0.136. The van der Waals surface area contributed by atoms with Crippen molar-refractivity contribution >= 4 is 17.7 Å². The molecule has 2 aromatic rings. The molecule has 3 fully saturated rings. The van der Waals surface area contributed by atoms with Crippen LogP contribution in [-0.2, 0) is 34.5 Å². The lowest BCUT2D eigenvalue weighted by atomic mass is 9.75. The predicted molar refractivity (Wildman–Crippen MR) is 127 cm³/mol. The van der Waals surface area contributed by atoms with Crippen LogP contribution in [0.25, 0.3) is 0 Å². The van der Waals surface area contributed by atoms with Crippen molar-refractivity contribution in [1.82, 2.24) is 20.1 Å². The Bertz CT molecular complexity index is 1320. The molecule has 3 amide bonds. The fourth-order valence-electron chi connectivity index (χ4n) is 6.20. The number of benzene rings is 1. The number of carbonyl (C=O) groups is 3. The van der Waals surface area contributed by atoms with Gasteiger partial charge in [-0.15, -0.1) is 0 Å². The molecule has 200 valence electrons. The van der Waals surface area contributed by atoms with Crippen LogP contribution in [0.2, 0.25) is 0 Å². The van der Waals surface area contributed by atoms with Gasteiger partial charge >= 0.3 is 6.18 Å². The lowest BCUT2D eigenvalue weighted by molar-refractivity contribution is -0.138. The van der Waals surface area contributed by atoms with E-state index in [1.165, 1.54) is 17.0 Å². The Kier molecular flexibility index (Phi) is 5.66. The standard InChI is InChI=1S/C27H27F3N4O4/c28-27(29,30)17-3-1-16(2-4-17)13-33-12-11-26(38,25(15-33)9-10-25)21-7-5-18-19(31-21)14-34(24(18)37)20-6-8-22(35)32-23(20)36/h1-5,7,20,38H,6,8-15H2,(H,32,35,36)/t20-,26+/m1/s1. The number of likely N-dealkylation sites (tertiary alicyclic amines) is 1. The Hall–Kier alpha value is -3.31. The first-order valence-electron chi connectivity index (χ1n) is 12.8. The largest absolute Gasteiger partial charge is 0.416 e. The second-order valence-electron chi connectivity index (χ2n) is 10.9. The van der Waals surface area contributed by atoms with Gasteiger partial charge in [0.25, 0.3) is 5.91 Å². The van der Waals surface area contributed by atoms with Gasteiger partial charge in [-0.05, 0) is 55.5 Å². The summed E-state index contributed by atoms with van der Waals surface area (Å²) in [5.41, 5.74) is -0.0954. The molecule has 0 bridgehead atoms. The first-order valence-corrected chi connectivity index (χ1v) is 12.8. The number of nitrogens with zero attached hydrogens (tertiary/aromatic N) is 3. The summed E-state index contributed by atoms with van der Waals surface area (Å²) in [5, 5.41) is 14.2. The minimum Gasteiger partial charge on any atom is -0.383 e. The summed E-state index contributed by atoms with van der Waals surface area (Å²) < 4.78 is 38.7. The highest BCUT2D eigenvalue weighted by molar-refractivity contribution is 6.05. The lowest BCUT2D eigenvalue weighted by Gasteiger charge is -2.45. The number of carbonyl (C=O) groups excluding carboxylic acids is 3. The number of aliphatic hydroxyl groups is 1. The molecule has 2 saturated heterocycles. The molecule has 38 heavy (non-hydrogen) atoms. The zero-order valence-corrected chi connectivity index (χ0v) is 20.6. The molecule has 1 aliphatic carbocycles. The van der Waals surface area contributed by atoms with Crippen molar-refractivity contribution in [2.45, 2.75) is 63.0 Å². The molecule has 0 unspecified atom stereocenters. The molecule has 8 nitrogen and oxygen atoms in total. The average Bonchev–Trinajstić information content (AvgIpc) is 3.57. The summed E-state index contributed by atoms with van der Waals surface area (Å²) in [6.45, 7) is 1.75. The molecular formula is C27H27F3N4O4. The van der Waals surface area contributed by atoms with Crippen LogP contribution in [0.4, 0.5) is 13.2 Å². The minimum atomic E-state index is -4.37. The number of hydrogen-bond donors (Lipinski definition) is 2. The molecule has 11 heteroatoms. The van der Waals surface area contributed by atoms with E-state index in [1.54, 1.807) is 12.1 Å². The molecule has 1 aromatic heterocycles. The highest BCUT2D eigenvalue weighted by Gasteiger charge is 2.62. The molecule has 2 atom stereocenters. The zero-order chi connectivity index (χ0) is 26.9. The van der Waals surface area contributed by atoms with Gasteiger partial charge in [-0.2, -0.15) is 13.2 Å². The molecule has 6 rings (SSSR count). The molecule has 4 heterocycles. The van der Waals surface area contributed by atoms with E-state index in [0.717, 1.165) is 30.5 Å². The Morgan fingerprint density at radius 2 is 1.79 bits per heavy atom. The summed E-state index contributed by atoms with van der Waals surface area (Å²) in [6.07, 6.45) is -1.94. The van der Waals surface area contributed by atoms with Crippen molar-refractivity contribution in [3.05, 3.63) is 64.5 Å². The highest BCUT2D eigenvalue weighted by Crippen LogP contribution is 2.61. The van der Waals surface area contributed by atoms with Gasteiger partial charge in [0.2, 0.25) is 11.8 Å². The molecule has 1 spiro atoms. The van der Waals surface area contributed by atoms with Gasteiger partial charge in [-0.1, -0.05) is 12.1 Å². The second-order valence-corrected chi connectivity index (χ2v) is 10.9. The van der Waals surface area contributed by atoms with E-state index < -0.39 is 34.7 Å². The second kappa shape index (κ2) is 8.60. The van der Waals surface area contributed by atoms with Gasteiger partial charge in [0.05, 0.1) is 29.1 Å². The van der Waals surface area contributed by atoms with Crippen molar-refractivity contribution < 1.29 is 32.7 Å². The van der Waals surface area contributed by atoms with Crippen LogP contribution in [-0.4, -0.2) is 56.7 Å². The molecule has 4 aliphatic rings. The van der Waals surface area contributed by atoms with Crippen molar-refractivity contribution in [2.75, 3.05) is 13.1 Å². The van der Waals surface area contributed by atoms with Crippen LogP contribution in [0.3, 0.4) is 0 Å². The van der Waals surface area contributed by atoms with E-state index in [4.69, 9.17) is 4.98 Å². The number of nitrogens with one attached hydrogen (secondary N) is 1. The topological polar surface area (TPSA) is 103 Å². The third-order valence-corrected chi connectivity index (χ3v) is 8.53. The zero-order valence-electron chi connectivity index (χ0n) is 20.6. The fraction of sp³-hybridized carbons (Fsp3) is 0.481. The lowest BCUT2D eigenvalue weighted by Crippen LogP contribution is -2.52. The van der Waals surface area contributed by atoms with Crippen LogP contribution in [0.5, 0.6) is 0 Å². The summed E-state index contributed by atoms with van der Waals surface area (Å²) in [5.74, 6) is -1.15. The van der Waals surface area contributed by atoms with Crippen LogP contribution in [0, 0.1) is 5.41 Å². The maximum Gasteiger partial charge on any atom is 0.416 e. The first-order chi connectivity index (χ1) is 18.0. The molecule has 0 radical (unpaired) electrons. The number of aromatic nitrogens is 1. The molecular weight excluding hydrogens is 501 g/mol. The van der Waals surface area contributed by atoms with Crippen LogP contribution in [0.1, 0.15) is 65.0 Å². The maximum absolute atomic E-state index is 13.0. The summed E-state index contributed by atoms with van der Waals surface area (Å²) in [6, 6.07) is 7.80. The predicted octanol–water partition coefficient (Wildman–Crippen LogP) is 2.74.